The number of anilines is 1. The normalized spacial score (nSPS) is 9.89. The molecule has 0 atom stereocenters. The molecule has 6 nitrogen and oxygen atoms in total. The first-order valence-electron chi connectivity index (χ1n) is 5.13. The van der Waals surface area contributed by atoms with Gasteiger partial charge in [0.2, 0.25) is 0 Å². The lowest BCUT2D eigenvalue weighted by molar-refractivity contribution is -0.384. The fourth-order valence-electron chi connectivity index (χ4n) is 1.43. The van der Waals surface area contributed by atoms with Crippen LogP contribution in [0, 0.1) is 21.4 Å². The highest BCUT2D eigenvalue weighted by Gasteiger charge is 2.10. The van der Waals surface area contributed by atoms with Crippen molar-refractivity contribution in [3.05, 3.63) is 49.4 Å². The van der Waals surface area contributed by atoms with Crippen molar-refractivity contribution in [2.24, 2.45) is 0 Å². The Hall–Kier alpha value is -2.17. The third kappa shape index (κ3) is 3.19. The number of halogens is 1. The van der Waals surface area contributed by atoms with Gasteiger partial charge in [0.25, 0.3) is 5.69 Å². The zero-order chi connectivity index (χ0) is 13.8. The Morgan fingerprint density at radius 1 is 1.58 bits per heavy atom. The van der Waals surface area contributed by atoms with Gasteiger partial charge >= 0.3 is 0 Å². The van der Waals surface area contributed by atoms with Gasteiger partial charge in [0, 0.05) is 12.1 Å². The average Bonchev–Trinajstić information content (AvgIpc) is 2.81. The van der Waals surface area contributed by atoms with Gasteiger partial charge in [0.1, 0.15) is 15.4 Å². The van der Waals surface area contributed by atoms with Crippen LogP contribution < -0.4 is 5.32 Å². The summed E-state index contributed by atoms with van der Waals surface area (Å²) in [4.78, 5) is 14.1. The summed E-state index contributed by atoms with van der Waals surface area (Å²) in [5, 5.41) is 23.4. The number of hydrogen-bond acceptors (Lipinski definition) is 6. The molecule has 19 heavy (non-hydrogen) atoms. The van der Waals surface area contributed by atoms with Gasteiger partial charge in [-0.3, -0.25) is 10.1 Å². The van der Waals surface area contributed by atoms with E-state index in [4.69, 9.17) is 16.9 Å². The number of rotatable bonds is 4. The Balaban J connectivity index is 2.16. The molecule has 0 radical (unpaired) electrons. The Labute approximate surface area is 117 Å². The first-order valence-corrected chi connectivity index (χ1v) is 6.32. The third-order valence-electron chi connectivity index (χ3n) is 2.29. The molecule has 0 aliphatic carbocycles. The van der Waals surface area contributed by atoms with Crippen LogP contribution in [0.25, 0.3) is 0 Å². The maximum absolute atomic E-state index is 10.6. The van der Waals surface area contributed by atoms with Crippen molar-refractivity contribution < 1.29 is 4.92 Å². The number of nitro groups is 1. The Bertz CT molecular complexity index is 665. The molecule has 1 aromatic heterocycles. The lowest BCUT2D eigenvalue weighted by Crippen LogP contribution is -2.01. The van der Waals surface area contributed by atoms with E-state index in [1.165, 1.54) is 29.5 Å². The SMILES string of the molecule is N#Cc1cc([N+](=O)[O-])ccc1NCc1ncc(Cl)s1. The molecule has 2 aromatic rings. The monoisotopic (exact) mass is 294 g/mol. The molecule has 0 aliphatic rings. The number of benzene rings is 1. The fraction of sp³-hybridized carbons (Fsp3) is 0.0909. The summed E-state index contributed by atoms with van der Waals surface area (Å²) < 4.78 is 0.584. The molecule has 0 unspecified atom stereocenters. The molecule has 96 valence electrons. The van der Waals surface area contributed by atoms with E-state index in [1.807, 2.05) is 6.07 Å². The highest BCUT2D eigenvalue weighted by molar-refractivity contribution is 7.15. The van der Waals surface area contributed by atoms with Gasteiger partial charge in [-0.2, -0.15) is 5.26 Å². The van der Waals surface area contributed by atoms with Crippen molar-refractivity contribution in [3.63, 3.8) is 0 Å². The van der Waals surface area contributed by atoms with Gasteiger partial charge in [0.05, 0.1) is 28.9 Å². The largest absolute Gasteiger partial charge is 0.377 e. The smallest absolute Gasteiger partial charge is 0.270 e. The molecular weight excluding hydrogens is 288 g/mol. The summed E-state index contributed by atoms with van der Waals surface area (Å²) in [5.41, 5.74) is 0.635. The summed E-state index contributed by atoms with van der Waals surface area (Å²) in [6.45, 7) is 0.407. The van der Waals surface area contributed by atoms with Crippen LogP contribution in [0.1, 0.15) is 10.6 Å². The van der Waals surface area contributed by atoms with Crippen LogP contribution in [-0.4, -0.2) is 9.91 Å². The van der Waals surface area contributed by atoms with Crippen molar-refractivity contribution in [2.75, 3.05) is 5.32 Å². The van der Waals surface area contributed by atoms with E-state index in [0.717, 1.165) is 5.01 Å². The molecule has 1 aromatic carbocycles. The second kappa shape index (κ2) is 5.65. The molecule has 0 saturated heterocycles. The quantitative estimate of drug-likeness (QED) is 0.690. The van der Waals surface area contributed by atoms with Gasteiger partial charge in [-0.15, -0.1) is 11.3 Å². The molecule has 0 saturated carbocycles. The van der Waals surface area contributed by atoms with Crippen molar-refractivity contribution in [1.82, 2.24) is 4.98 Å². The van der Waals surface area contributed by atoms with E-state index in [0.29, 0.717) is 16.6 Å². The van der Waals surface area contributed by atoms with Crippen LogP contribution in [0.3, 0.4) is 0 Å². The molecule has 0 amide bonds. The zero-order valence-electron chi connectivity index (χ0n) is 9.46. The topological polar surface area (TPSA) is 91.8 Å². The van der Waals surface area contributed by atoms with E-state index in [-0.39, 0.29) is 11.3 Å². The van der Waals surface area contributed by atoms with Crippen molar-refractivity contribution in [2.45, 2.75) is 6.54 Å². The fourth-order valence-corrected chi connectivity index (χ4v) is 2.33. The van der Waals surface area contributed by atoms with Crippen LogP contribution in [0.15, 0.2) is 24.4 Å². The standard InChI is InChI=1S/C11H7ClN4O2S/c12-10-5-15-11(19-10)6-14-9-2-1-8(16(17)18)3-7(9)4-13/h1-3,5,14H,6H2. The van der Waals surface area contributed by atoms with Gasteiger partial charge in [-0.1, -0.05) is 11.6 Å². The number of nitriles is 1. The lowest BCUT2D eigenvalue weighted by Gasteiger charge is -2.05. The third-order valence-corrected chi connectivity index (χ3v) is 3.40. The van der Waals surface area contributed by atoms with E-state index < -0.39 is 4.92 Å². The number of aromatic nitrogens is 1. The second-order valence-electron chi connectivity index (χ2n) is 3.51. The lowest BCUT2D eigenvalue weighted by atomic mass is 10.1. The van der Waals surface area contributed by atoms with E-state index in [2.05, 4.69) is 10.3 Å². The Morgan fingerprint density at radius 3 is 2.95 bits per heavy atom. The van der Waals surface area contributed by atoms with Crippen LogP contribution in [-0.2, 0) is 6.54 Å². The predicted molar refractivity (Wildman–Crippen MR) is 72.3 cm³/mol. The summed E-state index contributed by atoms with van der Waals surface area (Å²) in [7, 11) is 0. The number of nitrogens with zero attached hydrogens (tertiary/aromatic N) is 3. The van der Waals surface area contributed by atoms with Crippen molar-refractivity contribution in [3.8, 4) is 6.07 Å². The molecule has 0 spiro atoms. The van der Waals surface area contributed by atoms with Gasteiger partial charge < -0.3 is 5.32 Å². The first-order chi connectivity index (χ1) is 9.10. The molecular formula is C11H7ClN4O2S. The molecule has 1 N–H and O–H groups in total. The van der Waals surface area contributed by atoms with Crippen molar-refractivity contribution in [1.29, 1.82) is 5.26 Å². The average molecular weight is 295 g/mol. The summed E-state index contributed by atoms with van der Waals surface area (Å²) in [5.74, 6) is 0. The highest BCUT2D eigenvalue weighted by atomic mass is 35.5. The molecule has 0 aliphatic heterocycles. The van der Waals surface area contributed by atoms with Crippen LogP contribution >= 0.6 is 22.9 Å². The number of non-ortho nitro benzene ring substituents is 1. The Kier molecular flexibility index (Phi) is 3.94. The van der Waals surface area contributed by atoms with E-state index in [1.54, 1.807) is 6.20 Å². The summed E-state index contributed by atoms with van der Waals surface area (Å²) in [6, 6.07) is 6.01. The first kappa shape index (κ1) is 13.3. The molecule has 0 bridgehead atoms. The number of nitro benzene ring substituents is 1. The number of nitrogens with one attached hydrogen (secondary N) is 1. The van der Waals surface area contributed by atoms with Crippen LogP contribution in [0.2, 0.25) is 4.34 Å². The predicted octanol–water partition coefficient (Wildman–Crippen LogP) is 3.19. The summed E-state index contributed by atoms with van der Waals surface area (Å²) in [6.07, 6.45) is 1.55. The minimum absolute atomic E-state index is 0.112. The molecule has 1 heterocycles. The zero-order valence-corrected chi connectivity index (χ0v) is 11.0. The van der Waals surface area contributed by atoms with Crippen LogP contribution in [0.4, 0.5) is 11.4 Å². The Morgan fingerprint density at radius 2 is 2.37 bits per heavy atom. The summed E-state index contributed by atoms with van der Waals surface area (Å²) >= 11 is 7.09. The highest BCUT2D eigenvalue weighted by Crippen LogP contribution is 2.23. The van der Waals surface area contributed by atoms with Crippen LogP contribution in [0.5, 0.6) is 0 Å². The van der Waals surface area contributed by atoms with E-state index >= 15 is 0 Å². The maximum Gasteiger partial charge on any atom is 0.270 e. The second-order valence-corrected chi connectivity index (χ2v) is 5.26. The minimum atomic E-state index is -0.536. The minimum Gasteiger partial charge on any atom is -0.377 e. The van der Waals surface area contributed by atoms with Gasteiger partial charge in [0.15, 0.2) is 0 Å². The number of thiazole rings is 1. The van der Waals surface area contributed by atoms with Crippen molar-refractivity contribution >= 4 is 34.3 Å². The van der Waals surface area contributed by atoms with Gasteiger partial charge in [-0.05, 0) is 6.07 Å². The number of hydrogen-bond donors (Lipinski definition) is 1. The van der Waals surface area contributed by atoms with Gasteiger partial charge in [-0.25, -0.2) is 4.98 Å². The molecule has 0 fully saturated rings. The van der Waals surface area contributed by atoms with E-state index in [9.17, 15) is 10.1 Å². The molecule has 2 rings (SSSR count). The molecule has 8 heteroatoms. The maximum atomic E-state index is 10.6.